The van der Waals surface area contributed by atoms with E-state index in [2.05, 4.69) is 21.2 Å². The summed E-state index contributed by atoms with van der Waals surface area (Å²) in [5.41, 5.74) is 0.734. The van der Waals surface area contributed by atoms with Gasteiger partial charge in [-0.05, 0) is 37.5 Å². The average Bonchev–Trinajstić information content (AvgIpc) is 2.34. The second-order valence-electron chi connectivity index (χ2n) is 5.02. The summed E-state index contributed by atoms with van der Waals surface area (Å²) in [6.45, 7) is 1.62. The first-order valence-corrected chi connectivity index (χ1v) is 9.41. The largest absolute Gasteiger partial charge is 0.381 e. The van der Waals surface area contributed by atoms with Crippen LogP contribution in [0, 0.1) is 6.92 Å². The van der Waals surface area contributed by atoms with E-state index >= 15 is 0 Å². The number of methoxy groups -OCH3 is 1. The van der Waals surface area contributed by atoms with Crippen molar-refractivity contribution in [2.75, 3.05) is 7.11 Å². The van der Waals surface area contributed by atoms with E-state index in [-0.39, 0.29) is 28.5 Å². The van der Waals surface area contributed by atoms with E-state index in [9.17, 15) is 13.2 Å². The lowest BCUT2D eigenvalue weighted by Crippen LogP contribution is -2.47. The van der Waals surface area contributed by atoms with Crippen molar-refractivity contribution in [2.24, 2.45) is 0 Å². The quantitative estimate of drug-likeness (QED) is 0.794. The Morgan fingerprint density at radius 1 is 1.43 bits per heavy atom. The van der Waals surface area contributed by atoms with Gasteiger partial charge in [0.2, 0.25) is 0 Å². The molecule has 5 nitrogen and oxygen atoms in total. The summed E-state index contributed by atoms with van der Waals surface area (Å²) < 4.78 is 28.8. The molecule has 0 bridgehead atoms. The molecule has 0 saturated heterocycles. The lowest BCUT2D eigenvalue weighted by molar-refractivity contribution is 0.0176. The molecule has 0 aliphatic heterocycles. The maximum atomic E-state index is 12.2. The molecule has 0 heterocycles. The van der Waals surface area contributed by atoms with Gasteiger partial charge in [-0.1, -0.05) is 15.9 Å². The zero-order valence-electron chi connectivity index (χ0n) is 11.5. The van der Waals surface area contributed by atoms with Crippen molar-refractivity contribution in [3.63, 3.8) is 0 Å². The molecule has 1 fully saturated rings. The normalized spacial score (nSPS) is 21.7. The fourth-order valence-corrected chi connectivity index (χ4v) is 4.00. The van der Waals surface area contributed by atoms with Crippen LogP contribution in [0.5, 0.6) is 0 Å². The van der Waals surface area contributed by atoms with Gasteiger partial charge in [0.05, 0.1) is 11.0 Å². The van der Waals surface area contributed by atoms with E-state index in [1.54, 1.807) is 20.1 Å². The lowest BCUT2D eigenvalue weighted by Gasteiger charge is -2.34. The van der Waals surface area contributed by atoms with Gasteiger partial charge in [0, 0.05) is 33.9 Å². The van der Waals surface area contributed by atoms with Gasteiger partial charge in [0.25, 0.3) is 15.0 Å². The fourth-order valence-electron chi connectivity index (χ4n) is 2.18. The van der Waals surface area contributed by atoms with Crippen LogP contribution in [-0.2, 0) is 13.8 Å². The number of carbonyl (C=O) groups excluding carboxylic acids is 1. The van der Waals surface area contributed by atoms with Crippen molar-refractivity contribution < 1.29 is 17.9 Å². The zero-order valence-corrected chi connectivity index (χ0v) is 14.7. The molecule has 0 unspecified atom stereocenters. The molecule has 0 aromatic heterocycles. The van der Waals surface area contributed by atoms with Crippen LogP contribution in [0.3, 0.4) is 0 Å². The van der Waals surface area contributed by atoms with Crippen LogP contribution in [-0.4, -0.2) is 33.6 Å². The number of nitrogens with one attached hydrogen (secondary N) is 1. The van der Waals surface area contributed by atoms with Crippen LogP contribution < -0.4 is 5.32 Å². The fraction of sp³-hybridized carbons (Fsp3) is 0.462. The third-order valence-electron chi connectivity index (χ3n) is 3.58. The Bertz CT molecular complexity index is 671. The van der Waals surface area contributed by atoms with Crippen molar-refractivity contribution in [2.45, 2.75) is 36.8 Å². The zero-order chi connectivity index (χ0) is 15.8. The van der Waals surface area contributed by atoms with Crippen LogP contribution in [0.15, 0.2) is 21.5 Å². The Kier molecular flexibility index (Phi) is 4.97. The maximum absolute atomic E-state index is 12.2. The van der Waals surface area contributed by atoms with Crippen LogP contribution in [0.1, 0.15) is 28.8 Å². The number of rotatable bonds is 4. The second-order valence-corrected chi connectivity index (χ2v) is 8.41. The van der Waals surface area contributed by atoms with Crippen LogP contribution >= 0.6 is 26.6 Å². The smallest absolute Gasteiger partial charge is 0.261 e. The minimum Gasteiger partial charge on any atom is -0.381 e. The number of carbonyl (C=O) groups is 1. The standard InChI is InChI=1S/C13H15BrClNO4S/c1-7-11(14)3-8(4-12(7)21(15,18)19)13(17)16-9-5-10(6-9)20-2/h3-4,9-10H,5-6H2,1-2H3,(H,16,17). The van der Waals surface area contributed by atoms with Gasteiger partial charge in [-0.3, -0.25) is 4.79 Å². The molecule has 1 saturated carbocycles. The van der Waals surface area contributed by atoms with Crippen molar-refractivity contribution in [1.29, 1.82) is 0 Å². The summed E-state index contributed by atoms with van der Waals surface area (Å²) in [7, 11) is 3.13. The molecule has 8 heteroatoms. The molecule has 1 aromatic carbocycles. The van der Waals surface area contributed by atoms with Crippen LogP contribution in [0.4, 0.5) is 0 Å². The molecule has 0 spiro atoms. The second kappa shape index (κ2) is 6.24. The third kappa shape index (κ3) is 3.77. The monoisotopic (exact) mass is 395 g/mol. The highest BCUT2D eigenvalue weighted by Crippen LogP contribution is 2.29. The van der Waals surface area contributed by atoms with Gasteiger partial charge < -0.3 is 10.1 Å². The van der Waals surface area contributed by atoms with E-state index in [0.29, 0.717) is 10.0 Å². The molecule has 116 valence electrons. The van der Waals surface area contributed by atoms with Crippen molar-refractivity contribution in [3.8, 4) is 0 Å². The van der Waals surface area contributed by atoms with Gasteiger partial charge in [0.1, 0.15) is 0 Å². The third-order valence-corrected chi connectivity index (χ3v) is 5.86. The maximum Gasteiger partial charge on any atom is 0.261 e. The average molecular weight is 397 g/mol. The van der Waals surface area contributed by atoms with Gasteiger partial charge >= 0.3 is 0 Å². The number of halogens is 2. The molecule has 0 atom stereocenters. The molecule has 1 amide bonds. The number of hydrogen-bond acceptors (Lipinski definition) is 4. The Labute approximate surface area is 136 Å². The first-order chi connectivity index (χ1) is 9.72. The van der Waals surface area contributed by atoms with Crippen molar-refractivity contribution in [3.05, 3.63) is 27.7 Å². The van der Waals surface area contributed by atoms with E-state index < -0.39 is 9.05 Å². The van der Waals surface area contributed by atoms with Crippen molar-refractivity contribution in [1.82, 2.24) is 5.32 Å². The summed E-state index contributed by atoms with van der Waals surface area (Å²) in [5.74, 6) is -0.322. The van der Waals surface area contributed by atoms with E-state index in [1.165, 1.54) is 6.07 Å². The van der Waals surface area contributed by atoms with Gasteiger partial charge in [0.15, 0.2) is 0 Å². The highest BCUT2D eigenvalue weighted by atomic mass is 79.9. The van der Waals surface area contributed by atoms with Gasteiger partial charge in [-0.15, -0.1) is 0 Å². The minimum atomic E-state index is -3.90. The summed E-state index contributed by atoms with van der Waals surface area (Å²) in [4.78, 5) is 12.1. The first-order valence-electron chi connectivity index (χ1n) is 6.31. The minimum absolute atomic E-state index is 0.0542. The SMILES string of the molecule is COC1CC(NC(=O)c2cc(Br)c(C)c(S(=O)(=O)Cl)c2)C1. The predicted octanol–water partition coefficient (Wildman–Crippen LogP) is 2.59. The van der Waals surface area contributed by atoms with Gasteiger partial charge in [-0.2, -0.15) is 0 Å². The molecule has 1 aromatic rings. The van der Waals surface area contributed by atoms with E-state index in [1.807, 2.05) is 0 Å². The molecule has 21 heavy (non-hydrogen) atoms. The van der Waals surface area contributed by atoms with E-state index in [0.717, 1.165) is 12.8 Å². The van der Waals surface area contributed by atoms with Crippen LogP contribution in [0.25, 0.3) is 0 Å². The number of benzene rings is 1. The molecule has 1 aliphatic carbocycles. The van der Waals surface area contributed by atoms with E-state index in [4.69, 9.17) is 15.4 Å². The number of amides is 1. The molecular weight excluding hydrogens is 382 g/mol. The Balaban J connectivity index is 2.20. The summed E-state index contributed by atoms with van der Waals surface area (Å²) in [6, 6.07) is 2.94. The Morgan fingerprint density at radius 3 is 2.57 bits per heavy atom. The summed E-state index contributed by atoms with van der Waals surface area (Å²) in [5, 5.41) is 2.84. The molecule has 1 aliphatic rings. The number of hydrogen-bond donors (Lipinski definition) is 1. The molecular formula is C13H15BrClNO4S. The molecule has 0 radical (unpaired) electrons. The highest BCUT2D eigenvalue weighted by molar-refractivity contribution is 9.10. The summed E-state index contributed by atoms with van der Waals surface area (Å²) in [6.07, 6.45) is 1.70. The molecule has 1 N–H and O–H groups in total. The number of ether oxygens (including phenoxy) is 1. The van der Waals surface area contributed by atoms with Crippen molar-refractivity contribution >= 4 is 41.6 Å². The topological polar surface area (TPSA) is 72.5 Å². The van der Waals surface area contributed by atoms with Gasteiger partial charge in [-0.25, -0.2) is 8.42 Å². The lowest BCUT2D eigenvalue weighted by atomic mass is 9.89. The van der Waals surface area contributed by atoms with Crippen LogP contribution in [0.2, 0.25) is 0 Å². The molecule has 2 rings (SSSR count). The Hall–Kier alpha value is -0.630. The highest BCUT2D eigenvalue weighted by Gasteiger charge is 2.30. The summed E-state index contributed by atoms with van der Waals surface area (Å²) >= 11 is 3.25. The Morgan fingerprint density at radius 2 is 2.05 bits per heavy atom. The predicted molar refractivity (Wildman–Crippen MR) is 83.2 cm³/mol. The first kappa shape index (κ1) is 16.7.